The lowest BCUT2D eigenvalue weighted by atomic mass is 10.2. The van der Waals surface area contributed by atoms with Gasteiger partial charge in [0.2, 0.25) is 0 Å². The van der Waals surface area contributed by atoms with E-state index in [9.17, 15) is 0 Å². The Bertz CT molecular complexity index is 689. The second-order valence-corrected chi connectivity index (χ2v) is 6.00. The SMILES string of the molecule is Cc1cccc(NC(N)=NCc2cccc(OCCN(C)C)c2)c1.I. The highest BCUT2D eigenvalue weighted by molar-refractivity contribution is 14.0. The number of nitrogens with zero attached hydrogens (tertiary/aromatic N) is 2. The van der Waals surface area contributed by atoms with Crippen LogP contribution in [-0.4, -0.2) is 38.1 Å². The Kier molecular flexibility index (Phi) is 9.30. The molecule has 0 saturated heterocycles. The summed E-state index contributed by atoms with van der Waals surface area (Å²) in [5.74, 6) is 1.26. The number of ether oxygens (including phenoxy) is 1. The molecule has 0 aliphatic heterocycles. The van der Waals surface area contributed by atoms with Crippen LogP contribution >= 0.6 is 24.0 Å². The monoisotopic (exact) mass is 454 g/mol. The highest BCUT2D eigenvalue weighted by Crippen LogP contribution is 2.14. The maximum Gasteiger partial charge on any atom is 0.193 e. The van der Waals surface area contributed by atoms with Gasteiger partial charge in [-0.05, 0) is 56.4 Å². The molecule has 0 aliphatic carbocycles. The number of likely N-dealkylation sites (N-methyl/N-ethyl adjacent to an activating group) is 1. The summed E-state index contributed by atoms with van der Waals surface area (Å²) in [6, 6.07) is 16.0. The van der Waals surface area contributed by atoms with Crippen molar-refractivity contribution in [3.8, 4) is 5.75 Å². The largest absolute Gasteiger partial charge is 0.492 e. The first-order valence-corrected chi connectivity index (χ1v) is 8.03. The molecule has 0 atom stereocenters. The first-order valence-electron chi connectivity index (χ1n) is 8.03. The third-order valence-corrected chi connectivity index (χ3v) is 3.43. The molecule has 0 saturated carbocycles. The molecule has 0 aliphatic rings. The molecule has 2 aromatic rings. The number of aliphatic imine (C=N–C) groups is 1. The minimum Gasteiger partial charge on any atom is -0.492 e. The Labute approximate surface area is 167 Å². The first kappa shape index (κ1) is 21.2. The van der Waals surface area contributed by atoms with Gasteiger partial charge in [-0.2, -0.15) is 0 Å². The molecule has 0 unspecified atom stereocenters. The summed E-state index contributed by atoms with van der Waals surface area (Å²) >= 11 is 0. The number of rotatable bonds is 7. The fourth-order valence-electron chi connectivity index (χ4n) is 2.17. The Hall–Kier alpha value is -1.80. The van der Waals surface area contributed by atoms with Gasteiger partial charge < -0.3 is 20.7 Å². The quantitative estimate of drug-likeness (QED) is 0.382. The van der Waals surface area contributed by atoms with Crippen LogP contribution in [0.1, 0.15) is 11.1 Å². The summed E-state index contributed by atoms with van der Waals surface area (Å²) in [6.07, 6.45) is 0. The van der Waals surface area contributed by atoms with Gasteiger partial charge in [0.15, 0.2) is 5.96 Å². The minimum atomic E-state index is 0. The van der Waals surface area contributed by atoms with Gasteiger partial charge in [0.1, 0.15) is 12.4 Å². The van der Waals surface area contributed by atoms with Gasteiger partial charge in [-0.15, -0.1) is 24.0 Å². The van der Waals surface area contributed by atoms with Crippen molar-refractivity contribution in [1.82, 2.24) is 4.90 Å². The standard InChI is InChI=1S/C19H26N4O.HI/c1-15-6-4-8-17(12-15)22-19(20)21-14-16-7-5-9-18(13-16)24-11-10-23(2)3;/h4-9,12-13H,10-11,14H2,1-3H3,(H3,20,21,22);1H. The summed E-state index contributed by atoms with van der Waals surface area (Å²) in [4.78, 5) is 6.48. The molecule has 0 bridgehead atoms. The van der Waals surface area contributed by atoms with E-state index in [0.29, 0.717) is 19.1 Å². The van der Waals surface area contributed by atoms with Crippen LogP contribution in [0, 0.1) is 6.92 Å². The van der Waals surface area contributed by atoms with E-state index in [2.05, 4.69) is 15.2 Å². The highest BCUT2D eigenvalue weighted by Gasteiger charge is 1.99. The van der Waals surface area contributed by atoms with Crippen molar-refractivity contribution in [3.63, 3.8) is 0 Å². The molecular formula is C19H27IN4O. The Balaban J connectivity index is 0.00000312. The van der Waals surface area contributed by atoms with Crippen molar-refractivity contribution in [2.45, 2.75) is 13.5 Å². The lowest BCUT2D eigenvalue weighted by Crippen LogP contribution is -2.22. The smallest absolute Gasteiger partial charge is 0.193 e. The maximum atomic E-state index is 5.96. The molecule has 2 rings (SSSR count). The molecule has 0 amide bonds. The van der Waals surface area contributed by atoms with Gasteiger partial charge in [0.25, 0.3) is 0 Å². The minimum absolute atomic E-state index is 0. The molecule has 0 spiro atoms. The number of benzene rings is 2. The van der Waals surface area contributed by atoms with Crippen molar-refractivity contribution in [1.29, 1.82) is 0 Å². The number of nitrogens with one attached hydrogen (secondary N) is 1. The number of anilines is 1. The third kappa shape index (κ3) is 8.22. The van der Waals surface area contributed by atoms with Gasteiger partial charge in [-0.3, -0.25) is 0 Å². The van der Waals surface area contributed by atoms with Crippen LogP contribution in [0.3, 0.4) is 0 Å². The zero-order valence-electron chi connectivity index (χ0n) is 15.0. The van der Waals surface area contributed by atoms with E-state index in [-0.39, 0.29) is 24.0 Å². The van der Waals surface area contributed by atoms with E-state index in [4.69, 9.17) is 10.5 Å². The molecule has 0 aromatic heterocycles. The molecule has 5 nitrogen and oxygen atoms in total. The van der Waals surface area contributed by atoms with Crippen molar-refractivity contribution in [3.05, 3.63) is 59.7 Å². The van der Waals surface area contributed by atoms with Crippen LogP contribution in [0.4, 0.5) is 5.69 Å². The lowest BCUT2D eigenvalue weighted by molar-refractivity contribution is 0.261. The van der Waals surface area contributed by atoms with E-state index in [1.165, 1.54) is 5.56 Å². The van der Waals surface area contributed by atoms with Crippen molar-refractivity contribution in [2.24, 2.45) is 10.7 Å². The van der Waals surface area contributed by atoms with Crippen LogP contribution in [0.5, 0.6) is 5.75 Å². The van der Waals surface area contributed by atoms with Gasteiger partial charge in [-0.1, -0.05) is 24.3 Å². The number of hydrogen-bond donors (Lipinski definition) is 2. The van der Waals surface area contributed by atoms with Crippen molar-refractivity contribution >= 4 is 35.6 Å². The molecule has 136 valence electrons. The van der Waals surface area contributed by atoms with Crippen LogP contribution < -0.4 is 15.8 Å². The summed E-state index contributed by atoms with van der Waals surface area (Å²) in [7, 11) is 4.05. The average molecular weight is 454 g/mol. The molecule has 25 heavy (non-hydrogen) atoms. The fraction of sp³-hybridized carbons (Fsp3) is 0.316. The average Bonchev–Trinajstić information content (AvgIpc) is 2.53. The predicted molar refractivity (Wildman–Crippen MR) is 116 cm³/mol. The number of guanidine groups is 1. The molecule has 2 aromatic carbocycles. The van der Waals surface area contributed by atoms with Gasteiger partial charge in [0, 0.05) is 12.2 Å². The second-order valence-electron chi connectivity index (χ2n) is 6.00. The van der Waals surface area contributed by atoms with E-state index >= 15 is 0 Å². The van der Waals surface area contributed by atoms with Crippen molar-refractivity contribution < 1.29 is 4.74 Å². The van der Waals surface area contributed by atoms with Crippen molar-refractivity contribution in [2.75, 3.05) is 32.6 Å². The first-order chi connectivity index (χ1) is 11.5. The second kappa shape index (κ2) is 10.9. The zero-order valence-corrected chi connectivity index (χ0v) is 17.4. The number of aryl methyl sites for hydroxylation is 1. The predicted octanol–water partition coefficient (Wildman–Crippen LogP) is 3.48. The van der Waals surface area contributed by atoms with Crippen LogP contribution in [0.15, 0.2) is 53.5 Å². The van der Waals surface area contributed by atoms with E-state index < -0.39 is 0 Å². The lowest BCUT2D eigenvalue weighted by Gasteiger charge is -2.11. The Morgan fingerprint density at radius 1 is 1.16 bits per heavy atom. The van der Waals surface area contributed by atoms with Gasteiger partial charge >= 0.3 is 0 Å². The van der Waals surface area contributed by atoms with Gasteiger partial charge in [0.05, 0.1) is 6.54 Å². The number of halogens is 1. The van der Waals surface area contributed by atoms with Crippen LogP contribution in [-0.2, 0) is 6.54 Å². The fourth-order valence-corrected chi connectivity index (χ4v) is 2.17. The van der Waals surface area contributed by atoms with Crippen LogP contribution in [0.2, 0.25) is 0 Å². The van der Waals surface area contributed by atoms with Gasteiger partial charge in [-0.25, -0.2) is 4.99 Å². The van der Waals surface area contributed by atoms with E-state index in [1.54, 1.807) is 0 Å². The highest BCUT2D eigenvalue weighted by atomic mass is 127. The third-order valence-electron chi connectivity index (χ3n) is 3.43. The molecule has 6 heteroatoms. The number of hydrogen-bond acceptors (Lipinski definition) is 3. The molecule has 0 radical (unpaired) electrons. The van der Waals surface area contributed by atoms with E-state index in [0.717, 1.165) is 23.5 Å². The molecule has 0 heterocycles. The Morgan fingerprint density at radius 3 is 2.64 bits per heavy atom. The Morgan fingerprint density at radius 2 is 1.92 bits per heavy atom. The topological polar surface area (TPSA) is 62.9 Å². The number of nitrogens with two attached hydrogens (primary N) is 1. The molecule has 3 N–H and O–H groups in total. The van der Waals surface area contributed by atoms with Crippen LogP contribution in [0.25, 0.3) is 0 Å². The molecule has 0 fully saturated rings. The summed E-state index contributed by atoms with van der Waals surface area (Å²) in [5, 5.41) is 3.11. The maximum absolute atomic E-state index is 5.96. The zero-order chi connectivity index (χ0) is 17.4. The molecular weight excluding hydrogens is 427 g/mol. The van der Waals surface area contributed by atoms with E-state index in [1.807, 2.05) is 69.6 Å². The summed E-state index contributed by atoms with van der Waals surface area (Å²) < 4.78 is 5.74. The summed E-state index contributed by atoms with van der Waals surface area (Å²) in [6.45, 7) is 4.10. The normalized spacial score (nSPS) is 11.1. The summed E-state index contributed by atoms with van der Waals surface area (Å²) in [5.41, 5.74) is 9.14.